The normalized spacial score (nSPS) is 11.7. The first-order valence-electron chi connectivity index (χ1n) is 9.11. The summed E-state index contributed by atoms with van der Waals surface area (Å²) in [4.78, 5) is 25.1. The van der Waals surface area contributed by atoms with Gasteiger partial charge in [0.2, 0.25) is 0 Å². The number of anilines is 1. The van der Waals surface area contributed by atoms with Crippen molar-refractivity contribution in [2.75, 3.05) is 19.5 Å². The molecule has 1 N–H and O–H groups in total. The van der Waals surface area contributed by atoms with Gasteiger partial charge in [0.1, 0.15) is 11.5 Å². The topological polar surface area (TPSA) is 73.9 Å². The Bertz CT molecular complexity index is 838. The van der Waals surface area contributed by atoms with E-state index in [0.29, 0.717) is 11.5 Å². The van der Waals surface area contributed by atoms with Gasteiger partial charge in [0.05, 0.1) is 19.8 Å². The predicted molar refractivity (Wildman–Crippen MR) is 108 cm³/mol. The van der Waals surface area contributed by atoms with E-state index < -0.39 is 12.1 Å². The van der Waals surface area contributed by atoms with Crippen molar-refractivity contribution in [2.45, 2.75) is 39.7 Å². The van der Waals surface area contributed by atoms with E-state index in [0.717, 1.165) is 16.8 Å². The number of ether oxygens (including phenoxy) is 3. The zero-order chi connectivity index (χ0) is 20.8. The van der Waals surface area contributed by atoms with Crippen molar-refractivity contribution >= 4 is 17.6 Å². The van der Waals surface area contributed by atoms with Crippen molar-refractivity contribution in [3.8, 4) is 11.5 Å². The van der Waals surface area contributed by atoms with Crippen LogP contribution in [0.3, 0.4) is 0 Å². The van der Waals surface area contributed by atoms with E-state index in [9.17, 15) is 9.59 Å². The molecule has 0 saturated carbocycles. The van der Waals surface area contributed by atoms with Crippen LogP contribution in [0.2, 0.25) is 0 Å². The smallest absolute Gasteiger partial charge is 0.339 e. The molecule has 0 fully saturated rings. The third-order valence-corrected chi connectivity index (χ3v) is 4.42. The predicted octanol–water partition coefficient (Wildman–Crippen LogP) is 4.32. The summed E-state index contributed by atoms with van der Waals surface area (Å²) in [7, 11) is 2.99. The van der Waals surface area contributed by atoms with Crippen LogP contribution in [0, 0.1) is 6.92 Å². The molecule has 0 bridgehead atoms. The summed E-state index contributed by atoms with van der Waals surface area (Å²) in [6, 6.07) is 10.6. The highest BCUT2D eigenvalue weighted by Gasteiger charge is 2.22. The van der Waals surface area contributed by atoms with Gasteiger partial charge in [0, 0.05) is 11.8 Å². The fraction of sp³-hybridized carbons (Fsp3) is 0.364. The van der Waals surface area contributed by atoms with E-state index in [4.69, 9.17) is 14.2 Å². The minimum absolute atomic E-state index is 0.245. The molecule has 0 heterocycles. The zero-order valence-electron chi connectivity index (χ0n) is 17.2. The van der Waals surface area contributed by atoms with Gasteiger partial charge >= 0.3 is 5.97 Å². The molecule has 0 aliphatic carbocycles. The maximum absolute atomic E-state index is 12.6. The number of methoxy groups -OCH3 is 2. The van der Waals surface area contributed by atoms with Gasteiger partial charge in [-0.1, -0.05) is 32.0 Å². The van der Waals surface area contributed by atoms with Gasteiger partial charge in [-0.15, -0.1) is 0 Å². The Morgan fingerprint density at radius 1 is 0.964 bits per heavy atom. The first kappa shape index (κ1) is 21.3. The van der Waals surface area contributed by atoms with Crippen molar-refractivity contribution in [1.29, 1.82) is 0 Å². The second kappa shape index (κ2) is 9.26. The fourth-order valence-electron chi connectivity index (χ4n) is 2.77. The molecule has 150 valence electrons. The van der Waals surface area contributed by atoms with Crippen molar-refractivity contribution in [1.82, 2.24) is 0 Å². The zero-order valence-corrected chi connectivity index (χ0v) is 17.2. The summed E-state index contributed by atoms with van der Waals surface area (Å²) in [5.41, 5.74) is 2.99. The number of nitrogens with one attached hydrogen (secondary N) is 1. The standard InChI is InChI=1S/C22H27NO5/c1-13(2)19-9-7-8-14(3)20(19)23-21(24)15(4)28-22(25)16-10-17(26-5)12-18(11-16)27-6/h7-13,15H,1-6H3,(H,23,24)/t15-/m1/s1. The maximum Gasteiger partial charge on any atom is 0.339 e. The number of hydrogen-bond acceptors (Lipinski definition) is 5. The van der Waals surface area contributed by atoms with Crippen LogP contribution < -0.4 is 14.8 Å². The van der Waals surface area contributed by atoms with E-state index in [1.165, 1.54) is 33.3 Å². The lowest BCUT2D eigenvalue weighted by atomic mass is 9.98. The summed E-state index contributed by atoms with van der Waals surface area (Å²) < 4.78 is 15.7. The molecule has 2 aromatic rings. The monoisotopic (exact) mass is 385 g/mol. The lowest BCUT2D eigenvalue weighted by molar-refractivity contribution is -0.123. The van der Waals surface area contributed by atoms with E-state index in [1.54, 1.807) is 6.07 Å². The molecule has 0 aliphatic heterocycles. The SMILES string of the molecule is COc1cc(OC)cc(C(=O)O[C@H](C)C(=O)Nc2c(C)cccc2C(C)C)c1. The Hall–Kier alpha value is -3.02. The summed E-state index contributed by atoms with van der Waals surface area (Å²) in [6.07, 6.45) is -0.968. The summed E-state index contributed by atoms with van der Waals surface area (Å²) >= 11 is 0. The Morgan fingerprint density at radius 2 is 1.57 bits per heavy atom. The maximum atomic E-state index is 12.6. The Morgan fingerprint density at radius 3 is 2.11 bits per heavy atom. The van der Waals surface area contributed by atoms with Gasteiger partial charge in [-0.3, -0.25) is 4.79 Å². The highest BCUT2D eigenvalue weighted by atomic mass is 16.5. The molecule has 28 heavy (non-hydrogen) atoms. The summed E-state index contributed by atoms with van der Waals surface area (Å²) in [5, 5.41) is 2.90. The number of esters is 1. The number of aryl methyl sites for hydroxylation is 1. The van der Waals surface area contributed by atoms with Crippen molar-refractivity contribution in [3.05, 3.63) is 53.1 Å². The Kier molecular flexibility index (Phi) is 7.04. The highest BCUT2D eigenvalue weighted by Crippen LogP contribution is 2.28. The van der Waals surface area contributed by atoms with Crippen LogP contribution in [-0.4, -0.2) is 32.2 Å². The number of para-hydroxylation sites is 1. The van der Waals surface area contributed by atoms with E-state index >= 15 is 0 Å². The number of carbonyl (C=O) groups excluding carboxylic acids is 2. The van der Waals surface area contributed by atoms with Gasteiger partial charge in [-0.05, 0) is 43.0 Å². The van der Waals surface area contributed by atoms with Crippen molar-refractivity contribution < 1.29 is 23.8 Å². The minimum Gasteiger partial charge on any atom is -0.497 e. The van der Waals surface area contributed by atoms with Crippen molar-refractivity contribution in [3.63, 3.8) is 0 Å². The molecule has 0 saturated heterocycles. The lowest BCUT2D eigenvalue weighted by Crippen LogP contribution is -2.30. The first-order valence-corrected chi connectivity index (χ1v) is 9.11. The average Bonchev–Trinajstić information content (AvgIpc) is 2.68. The number of hydrogen-bond donors (Lipinski definition) is 1. The van der Waals surface area contributed by atoms with Crippen LogP contribution >= 0.6 is 0 Å². The Labute approximate surface area is 165 Å². The van der Waals surface area contributed by atoms with Crippen molar-refractivity contribution in [2.24, 2.45) is 0 Å². The molecular weight excluding hydrogens is 358 g/mol. The molecule has 6 heteroatoms. The molecule has 0 radical (unpaired) electrons. The van der Waals surface area contributed by atoms with Gasteiger partial charge in [0.25, 0.3) is 5.91 Å². The second-order valence-corrected chi connectivity index (χ2v) is 6.83. The Balaban J connectivity index is 2.14. The van der Waals surface area contributed by atoms with Crippen LogP contribution in [0.1, 0.15) is 48.2 Å². The molecule has 1 amide bonds. The van der Waals surface area contributed by atoms with E-state index in [2.05, 4.69) is 19.2 Å². The van der Waals surface area contributed by atoms with E-state index in [-0.39, 0.29) is 17.4 Å². The van der Waals surface area contributed by atoms with Crippen LogP contribution in [0.5, 0.6) is 11.5 Å². The second-order valence-electron chi connectivity index (χ2n) is 6.83. The lowest BCUT2D eigenvalue weighted by Gasteiger charge is -2.19. The molecular formula is C22H27NO5. The van der Waals surface area contributed by atoms with Gasteiger partial charge in [-0.2, -0.15) is 0 Å². The van der Waals surface area contributed by atoms with Crippen LogP contribution in [-0.2, 0) is 9.53 Å². The molecule has 1 atom stereocenters. The quantitative estimate of drug-likeness (QED) is 0.719. The highest BCUT2D eigenvalue weighted by molar-refractivity contribution is 5.98. The molecule has 0 unspecified atom stereocenters. The average molecular weight is 385 g/mol. The number of rotatable bonds is 7. The third kappa shape index (κ3) is 5.03. The minimum atomic E-state index is -0.968. The summed E-state index contributed by atoms with van der Waals surface area (Å²) in [6.45, 7) is 7.59. The molecule has 2 rings (SSSR count). The summed E-state index contributed by atoms with van der Waals surface area (Å²) in [5.74, 6) is 0.153. The molecule has 6 nitrogen and oxygen atoms in total. The molecule has 0 aromatic heterocycles. The van der Waals surface area contributed by atoms with Gasteiger partial charge in [-0.25, -0.2) is 4.79 Å². The van der Waals surface area contributed by atoms with E-state index in [1.807, 2.05) is 25.1 Å². The molecule has 2 aromatic carbocycles. The van der Waals surface area contributed by atoms with Gasteiger partial charge < -0.3 is 19.5 Å². The number of benzene rings is 2. The number of amides is 1. The fourth-order valence-corrected chi connectivity index (χ4v) is 2.77. The van der Waals surface area contributed by atoms with Crippen LogP contribution in [0.15, 0.2) is 36.4 Å². The molecule has 0 aliphatic rings. The van der Waals surface area contributed by atoms with Crippen LogP contribution in [0.25, 0.3) is 0 Å². The number of carbonyl (C=O) groups is 2. The van der Waals surface area contributed by atoms with Crippen LogP contribution in [0.4, 0.5) is 5.69 Å². The molecule has 0 spiro atoms. The van der Waals surface area contributed by atoms with Gasteiger partial charge in [0.15, 0.2) is 6.10 Å². The first-order chi connectivity index (χ1) is 13.3. The largest absolute Gasteiger partial charge is 0.497 e. The third-order valence-electron chi connectivity index (χ3n) is 4.42.